The van der Waals surface area contributed by atoms with Gasteiger partial charge in [0.25, 0.3) is 0 Å². The number of benzene rings is 1. The van der Waals surface area contributed by atoms with Gasteiger partial charge in [0.15, 0.2) is 0 Å². The predicted octanol–water partition coefficient (Wildman–Crippen LogP) is 3.66. The van der Waals surface area contributed by atoms with E-state index in [1.807, 2.05) is 35.2 Å². The van der Waals surface area contributed by atoms with Gasteiger partial charge in [0.1, 0.15) is 18.6 Å². The van der Waals surface area contributed by atoms with E-state index in [9.17, 15) is 13.6 Å². The van der Waals surface area contributed by atoms with Crippen molar-refractivity contribution in [2.75, 3.05) is 26.7 Å². The number of alkyl carbamates (subject to hydrolysis) is 1. The molecule has 7 nitrogen and oxygen atoms in total. The number of carbonyl (C=O) groups is 1. The van der Waals surface area contributed by atoms with Crippen molar-refractivity contribution < 1.29 is 23.0 Å². The first-order chi connectivity index (χ1) is 16.0. The average Bonchev–Trinajstić information content (AvgIpc) is 2.84. The van der Waals surface area contributed by atoms with E-state index in [0.717, 1.165) is 5.56 Å². The summed E-state index contributed by atoms with van der Waals surface area (Å²) in [6, 6.07) is 12.1. The van der Waals surface area contributed by atoms with Crippen LogP contribution in [-0.4, -0.2) is 59.9 Å². The first-order valence-corrected chi connectivity index (χ1v) is 10.8. The summed E-state index contributed by atoms with van der Waals surface area (Å²) in [6.45, 7) is 1.31. The normalized spacial score (nSPS) is 18.8. The third kappa shape index (κ3) is 5.73. The van der Waals surface area contributed by atoms with Crippen LogP contribution in [0, 0.1) is 5.82 Å². The first-order valence-electron chi connectivity index (χ1n) is 10.8. The summed E-state index contributed by atoms with van der Waals surface area (Å²) in [4.78, 5) is 22.4. The summed E-state index contributed by atoms with van der Waals surface area (Å²) >= 11 is 0. The van der Waals surface area contributed by atoms with Gasteiger partial charge in [-0.25, -0.2) is 18.6 Å². The lowest BCUT2D eigenvalue weighted by molar-refractivity contribution is 0.0886. The second kappa shape index (κ2) is 10.5. The molecule has 0 aliphatic carbocycles. The van der Waals surface area contributed by atoms with Crippen LogP contribution in [0.2, 0.25) is 0 Å². The van der Waals surface area contributed by atoms with Crippen molar-refractivity contribution >= 4 is 17.1 Å². The molecule has 0 bridgehead atoms. The van der Waals surface area contributed by atoms with Crippen molar-refractivity contribution in [3.8, 4) is 5.88 Å². The number of fused-ring (bicyclic) bond motifs is 1. The van der Waals surface area contributed by atoms with Gasteiger partial charge in [0, 0.05) is 31.3 Å². The zero-order valence-corrected chi connectivity index (χ0v) is 18.3. The van der Waals surface area contributed by atoms with Crippen molar-refractivity contribution in [2.24, 2.45) is 0 Å². The molecule has 0 radical (unpaired) electrons. The fourth-order valence-electron chi connectivity index (χ4n) is 3.95. The summed E-state index contributed by atoms with van der Waals surface area (Å²) in [5, 5.41) is 2.62. The number of amides is 1. The predicted molar refractivity (Wildman–Crippen MR) is 119 cm³/mol. The standard InChI is InChI=1S/C24H26F2N4O3/c1-32-22-8-7-21-23(29-22)17(18(25)13-27-21)9-11-30-12-10-20(19(26)14-30)28-24(31)33-15-16-5-3-2-4-6-16/h2-8,13,19-20H,9-12,14-15H2,1H3,(H,28,31)/t19-,20+/m0/s1. The molecular weight excluding hydrogens is 430 g/mol. The van der Waals surface area contributed by atoms with Gasteiger partial charge in [-0.2, -0.15) is 0 Å². The monoisotopic (exact) mass is 456 g/mol. The maximum absolute atomic E-state index is 14.8. The minimum Gasteiger partial charge on any atom is -0.481 e. The van der Waals surface area contributed by atoms with E-state index in [-0.39, 0.29) is 13.2 Å². The molecule has 1 aromatic carbocycles. The van der Waals surface area contributed by atoms with Crippen LogP contribution in [0.1, 0.15) is 17.5 Å². The number of hydrogen-bond acceptors (Lipinski definition) is 6. The van der Waals surface area contributed by atoms with Crippen molar-refractivity contribution in [3.05, 3.63) is 65.6 Å². The molecule has 4 rings (SSSR count). The molecule has 33 heavy (non-hydrogen) atoms. The lowest BCUT2D eigenvalue weighted by Crippen LogP contribution is -2.52. The van der Waals surface area contributed by atoms with E-state index >= 15 is 0 Å². The van der Waals surface area contributed by atoms with Gasteiger partial charge in [-0.1, -0.05) is 30.3 Å². The summed E-state index contributed by atoms with van der Waals surface area (Å²) < 4.78 is 39.6. The molecule has 174 valence electrons. The Balaban J connectivity index is 1.30. The number of piperidine rings is 1. The summed E-state index contributed by atoms with van der Waals surface area (Å²) in [5.74, 6) is -0.0659. The second-order valence-corrected chi connectivity index (χ2v) is 7.97. The molecule has 0 spiro atoms. The molecular formula is C24H26F2N4O3. The number of ether oxygens (including phenoxy) is 2. The highest BCUT2D eigenvalue weighted by Gasteiger charge is 2.30. The lowest BCUT2D eigenvalue weighted by Gasteiger charge is -2.34. The van der Waals surface area contributed by atoms with Gasteiger partial charge in [-0.15, -0.1) is 0 Å². The topological polar surface area (TPSA) is 76.6 Å². The molecule has 2 aromatic heterocycles. The molecule has 0 saturated carbocycles. The highest BCUT2D eigenvalue weighted by molar-refractivity contribution is 5.78. The number of rotatable bonds is 7. The minimum atomic E-state index is -1.25. The third-order valence-corrected chi connectivity index (χ3v) is 5.77. The third-order valence-electron chi connectivity index (χ3n) is 5.77. The quantitative estimate of drug-likeness (QED) is 0.585. The molecule has 1 amide bonds. The van der Waals surface area contributed by atoms with Crippen molar-refractivity contribution in [1.82, 2.24) is 20.2 Å². The van der Waals surface area contributed by atoms with E-state index in [4.69, 9.17) is 9.47 Å². The van der Waals surface area contributed by atoms with Gasteiger partial charge in [-0.3, -0.25) is 9.88 Å². The van der Waals surface area contributed by atoms with E-state index in [1.165, 1.54) is 13.3 Å². The number of halogens is 2. The van der Waals surface area contributed by atoms with Crippen LogP contribution in [0.25, 0.3) is 11.0 Å². The molecule has 1 aliphatic heterocycles. The number of nitrogens with zero attached hydrogens (tertiary/aromatic N) is 3. The highest BCUT2D eigenvalue weighted by Crippen LogP contribution is 2.22. The Labute approximate surface area is 190 Å². The Morgan fingerprint density at radius 2 is 2.06 bits per heavy atom. The Hall–Kier alpha value is -3.33. The molecule has 1 saturated heterocycles. The van der Waals surface area contributed by atoms with E-state index < -0.39 is 24.1 Å². The highest BCUT2D eigenvalue weighted by atomic mass is 19.1. The largest absolute Gasteiger partial charge is 0.481 e. The van der Waals surface area contributed by atoms with Crippen LogP contribution < -0.4 is 10.1 Å². The Morgan fingerprint density at radius 3 is 2.82 bits per heavy atom. The molecule has 1 fully saturated rings. The van der Waals surface area contributed by atoms with Crippen LogP contribution in [0.3, 0.4) is 0 Å². The Kier molecular flexibility index (Phi) is 7.29. The van der Waals surface area contributed by atoms with Crippen molar-refractivity contribution in [1.29, 1.82) is 0 Å². The summed E-state index contributed by atoms with van der Waals surface area (Å²) in [7, 11) is 1.50. The zero-order chi connectivity index (χ0) is 23.2. The number of aromatic nitrogens is 2. The smallest absolute Gasteiger partial charge is 0.407 e. The van der Waals surface area contributed by atoms with Gasteiger partial charge in [0.05, 0.1) is 30.4 Å². The minimum absolute atomic E-state index is 0.132. The van der Waals surface area contributed by atoms with Crippen LogP contribution >= 0.6 is 0 Å². The lowest BCUT2D eigenvalue weighted by atomic mass is 10.0. The Bertz CT molecular complexity index is 1100. The SMILES string of the molecule is COc1ccc2ncc(F)c(CCN3CC[C@@H](NC(=O)OCc4ccccc4)[C@@H](F)C3)c2n1. The van der Waals surface area contributed by atoms with Gasteiger partial charge < -0.3 is 14.8 Å². The van der Waals surface area contributed by atoms with Crippen LogP contribution in [-0.2, 0) is 17.8 Å². The number of methoxy groups -OCH3 is 1. The van der Waals surface area contributed by atoms with E-state index in [0.29, 0.717) is 48.4 Å². The van der Waals surface area contributed by atoms with Gasteiger partial charge >= 0.3 is 6.09 Å². The van der Waals surface area contributed by atoms with Crippen LogP contribution in [0.4, 0.5) is 13.6 Å². The molecule has 1 aliphatic rings. The number of pyridine rings is 2. The van der Waals surface area contributed by atoms with Crippen LogP contribution in [0.15, 0.2) is 48.7 Å². The van der Waals surface area contributed by atoms with Crippen LogP contribution in [0.5, 0.6) is 5.88 Å². The van der Waals surface area contributed by atoms with E-state index in [2.05, 4.69) is 15.3 Å². The number of carbonyl (C=O) groups excluding carboxylic acids is 1. The van der Waals surface area contributed by atoms with Crippen molar-refractivity contribution in [2.45, 2.75) is 31.7 Å². The molecule has 1 N–H and O–H groups in total. The van der Waals surface area contributed by atoms with E-state index in [1.54, 1.807) is 12.1 Å². The fraction of sp³-hybridized carbons (Fsp3) is 0.375. The summed E-state index contributed by atoms with van der Waals surface area (Å²) in [6.07, 6.45) is 0.0917. The fourth-order valence-corrected chi connectivity index (χ4v) is 3.95. The van der Waals surface area contributed by atoms with Gasteiger partial charge in [0.2, 0.25) is 5.88 Å². The maximum Gasteiger partial charge on any atom is 0.407 e. The Morgan fingerprint density at radius 1 is 1.24 bits per heavy atom. The number of alkyl halides is 1. The molecule has 3 aromatic rings. The summed E-state index contributed by atoms with van der Waals surface area (Å²) in [5.41, 5.74) is 2.32. The molecule has 3 heterocycles. The first kappa shape index (κ1) is 22.8. The number of likely N-dealkylation sites (tertiary alicyclic amines) is 1. The molecule has 0 unspecified atom stereocenters. The molecule has 9 heteroatoms. The average molecular weight is 456 g/mol. The number of hydrogen-bond donors (Lipinski definition) is 1. The molecule has 2 atom stereocenters. The number of nitrogens with one attached hydrogen (secondary N) is 1. The van der Waals surface area contributed by atoms with Crippen molar-refractivity contribution in [3.63, 3.8) is 0 Å². The second-order valence-electron chi connectivity index (χ2n) is 7.97. The van der Waals surface area contributed by atoms with Gasteiger partial charge in [-0.05, 0) is 24.5 Å². The zero-order valence-electron chi connectivity index (χ0n) is 18.3. The maximum atomic E-state index is 14.8.